The highest BCUT2D eigenvalue weighted by atomic mass is 16.7. The lowest BCUT2D eigenvalue weighted by atomic mass is 9.83. The number of esters is 1. The van der Waals surface area contributed by atoms with Crippen LogP contribution < -0.4 is 5.32 Å². The number of fused-ring (bicyclic) bond motifs is 1. The predicted molar refractivity (Wildman–Crippen MR) is 75.1 cm³/mol. The Morgan fingerprint density at radius 2 is 2.10 bits per heavy atom. The van der Waals surface area contributed by atoms with Gasteiger partial charge in [-0.15, -0.1) is 0 Å². The molecule has 1 saturated carbocycles. The van der Waals surface area contributed by atoms with Gasteiger partial charge in [-0.3, -0.25) is 0 Å². The standard InChI is InChI=1S/C15H23NO5/c1-8(2)16-15(18)21-14-12-9(3)5-6-10(12)11(7-20-14)13(17)19-4/h7-10,12,14H,5-6H2,1-4H3,(H,16,18). The number of alkyl carbamates (subject to hydrolysis) is 1. The van der Waals surface area contributed by atoms with Gasteiger partial charge < -0.3 is 19.5 Å². The minimum Gasteiger partial charge on any atom is -0.466 e. The lowest BCUT2D eigenvalue weighted by molar-refractivity contribution is -0.145. The van der Waals surface area contributed by atoms with Crippen LogP contribution in [0.25, 0.3) is 0 Å². The monoisotopic (exact) mass is 297 g/mol. The van der Waals surface area contributed by atoms with Gasteiger partial charge in [0.15, 0.2) is 0 Å². The number of rotatable bonds is 3. The van der Waals surface area contributed by atoms with E-state index in [4.69, 9.17) is 14.2 Å². The molecule has 0 aromatic rings. The van der Waals surface area contributed by atoms with Crippen molar-refractivity contribution >= 4 is 12.1 Å². The summed E-state index contributed by atoms with van der Waals surface area (Å²) >= 11 is 0. The van der Waals surface area contributed by atoms with Crippen LogP contribution in [0.3, 0.4) is 0 Å². The average Bonchev–Trinajstić information content (AvgIpc) is 2.80. The first kappa shape index (κ1) is 15.7. The number of ether oxygens (including phenoxy) is 3. The van der Waals surface area contributed by atoms with Crippen LogP contribution in [0.15, 0.2) is 11.8 Å². The lowest BCUT2D eigenvalue weighted by Gasteiger charge is -2.34. The zero-order chi connectivity index (χ0) is 15.6. The summed E-state index contributed by atoms with van der Waals surface area (Å²) in [5.41, 5.74) is 0.538. The highest BCUT2D eigenvalue weighted by molar-refractivity contribution is 5.89. The Morgan fingerprint density at radius 1 is 1.38 bits per heavy atom. The van der Waals surface area contributed by atoms with E-state index in [1.165, 1.54) is 13.4 Å². The number of amides is 1. The Kier molecular flexibility index (Phi) is 4.75. The molecule has 118 valence electrons. The molecule has 21 heavy (non-hydrogen) atoms. The molecule has 0 aromatic carbocycles. The van der Waals surface area contributed by atoms with Crippen molar-refractivity contribution in [1.82, 2.24) is 5.32 Å². The predicted octanol–water partition coefficient (Wildman–Crippen LogP) is 2.20. The molecule has 1 fully saturated rings. The molecule has 4 atom stereocenters. The molecule has 0 aromatic heterocycles. The summed E-state index contributed by atoms with van der Waals surface area (Å²) < 4.78 is 15.7. The summed E-state index contributed by atoms with van der Waals surface area (Å²) in [7, 11) is 1.36. The van der Waals surface area contributed by atoms with Gasteiger partial charge in [-0.2, -0.15) is 0 Å². The molecule has 1 heterocycles. The third kappa shape index (κ3) is 3.31. The van der Waals surface area contributed by atoms with Crippen molar-refractivity contribution in [2.75, 3.05) is 7.11 Å². The summed E-state index contributed by atoms with van der Waals surface area (Å²) in [6.07, 6.45) is 2.08. The Labute approximate surface area is 124 Å². The van der Waals surface area contributed by atoms with Gasteiger partial charge in [-0.25, -0.2) is 9.59 Å². The van der Waals surface area contributed by atoms with E-state index in [1.54, 1.807) is 0 Å². The van der Waals surface area contributed by atoms with Crippen LogP contribution in [0.2, 0.25) is 0 Å². The molecule has 0 saturated heterocycles. The zero-order valence-electron chi connectivity index (χ0n) is 12.9. The van der Waals surface area contributed by atoms with E-state index in [0.29, 0.717) is 11.5 Å². The molecule has 1 N–H and O–H groups in total. The molecule has 1 amide bonds. The molecule has 1 aliphatic heterocycles. The molecular formula is C15H23NO5. The van der Waals surface area contributed by atoms with Crippen molar-refractivity contribution in [2.24, 2.45) is 17.8 Å². The van der Waals surface area contributed by atoms with E-state index in [2.05, 4.69) is 12.2 Å². The molecule has 0 spiro atoms. The second kappa shape index (κ2) is 6.37. The number of methoxy groups -OCH3 is 1. The van der Waals surface area contributed by atoms with Crippen molar-refractivity contribution < 1.29 is 23.8 Å². The smallest absolute Gasteiger partial charge is 0.410 e. The summed E-state index contributed by atoms with van der Waals surface area (Å²) in [6.45, 7) is 5.81. The number of hydrogen-bond donors (Lipinski definition) is 1. The number of hydrogen-bond acceptors (Lipinski definition) is 5. The van der Waals surface area contributed by atoms with E-state index < -0.39 is 12.4 Å². The van der Waals surface area contributed by atoms with Crippen LogP contribution in [0.5, 0.6) is 0 Å². The third-order valence-corrected chi connectivity index (χ3v) is 4.15. The highest BCUT2D eigenvalue weighted by Crippen LogP contribution is 2.46. The highest BCUT2D eigenvalue weighted by Gasteiger charge is 2.48. The van der Waals surface area contributed by atoms with E-state index in [1.807, 2.05) is 13.8 Å². The summed E-state index contributed by atoms with van der Waals surface area (Å²) in [4.78, 5) is 23.6. The van der Waals surface area contributed by atoms with Crippen LogP contribution in [0.1, 0.15) is 33.6 Å². The molecule has 2 aliphatic rings. The summed E-state index contributed by atoms with van der Waals surface area (Å²) in [5, 5.41) is 2.68. The molecule has 0 bridgehead atoms. The van der Waals surface area contributed by atoms with Crippen LogP contribution in [-0.2, 0) is 19.0 Å². The van der Waals surface area contributed by atoms with Crippen LogP contribution in [0, 0.1) is 17.8 Å². The van der Waals surface area contributed by atoms with E-state index in [9.17, 15) is 9.59 Å². The van der Waals surface area contributed by atoms with Gasteiger partial charge >= 0.3 is 12.1 Å². The largest absolute Gasteiger partial charge is 0.466 e. The quantitative estimate of drug-likeness (QED) is 0.808. The Morgan fingerprint density at radius 3 is 2.71 bits per heavy atom. The molecule has 4 unspecified atom stereocenters. The first-order valence-corrected chi connectivity index (χ1v) is 7.35. The van der Waals surface area contributed by atoms with Gasteiger partial charge in [0.2, 0.25) is 6.29 Å². The van der Waals surface area contributed by atoms with Crippen molar-refractivity contribution in [3.05, 3.63) is 11.8 Å². The van der Waals surface area contributed by atoms with Crippen molar-refractivity contribution in [1.29, 1.82) is 0 Å². The number of nitrogens with one attached hydrogen (secondary N) is 1. The second-order valence-electron chi connectivity index (χ2n) is 6.01. The van der Waals surface area contributed by atoms with Crippen LogP contribution >= 0.6 is 0 Å². The molecule has 2 rings (SSSR count). The first-order chi connectivity index (χ1) is 9.93. The van der Waals surface area contributed by atoms with Crippen LogP contribution in [0.4, 0.5) is 4.79 Å². The fourth-order valence-electron chi connectivity index (χ4n) is 3.16. The number of carbonyl (C=O) groups excluding carboxylic acids is 2. The van der Waals surface area contributed by atoms with Crippen molar-refractivity contribution in [3.8, 4) is 0 Å². The summed E-state index contributed by atoms with van der Waals surface area (Å²) in [5.74, 6) is -0.0375. The normalized spacial score (nSPS) is 31.0. The van der Waals surface area contributed by atoms with Gasteiger partial charge in [0.05, 0.1) is 18.9 Å². The van der Waals surface area contributed by atoms with Gasteiger partial charge in [-0.05, 0) is 32.6 Å². The lowest BCUT2D eigenvalue weighted by Crippen LogP contribution is -2.42. The van der Waals surface area contributed by atoms with Crippen molar-refractivity contribution in [3.63, 3.8) is 0 Å². The maximum atomic E-state index is 11.8. The number of carbonyl (C=O) groups is 2. The van der Waals surface area contributed by atoms with E-state index in [0.717, 1.165) is 12.8 Å². The maximum absolute atomic E-state index is 11.8. The SMILES string of the molecule is COC(=O)C1=COC(OC(=O)NC(C)C)C2C(C)CCC12. The summed E-state index contributed by atoms with van der Waals surface area (Å²) in [6, 6.07) is -0.000869. The molecule has 1 aliphatic carbocycles. The third-order valence-electron chi connectivity index (χ3n) is 4.15. The minimum absolute atomic E-state index is 0.000869. The molecule has 6 heteroatoms. The fourth-order valence-corrected chi connectivity index (χ4v) is 3.16. The maximum Gasteiger partial charge on any atom is 0.410 e. The topological polar surface area (TPSA) is 73.9 Å². The van der Waals surface area contributed by atoms with Crippen molar-refractivity contribution in [2.45, 2.75) is 45.9 Å². The second-order valence-corrected chi connectivity index (χ2v) is 6.01. The Hall–Kier alpha value is -1.72. The molecule has 0 radical (unpaired) electrons. The van der Waals surface area contributed by atoms with Gasteiger partial charge in [0.25, 0.3) is 0 Å². The Balaban J connectivity index is 2.12. The van der Waals surface area contributed by atoms with Gasteiger partial charge in [-0.1, -0.05) is 6.92 Å². The van der Waals surface area contributed by atoms with Gasteiger partial charge in [0, 0.05) is 17.9 Å². The molecular weight excluding hydrogens is 274 g/mol. The Bertz CT molecular complexity index is 445. The zero-order valence-corrected chi connectivity index (χ0v) is 12.9. The fraction of sp³-hybridized carbons (Fsp3) is 0.733. The van der Waals surface area contributed by atoms with Gasteiger partial charge in [0.1, 0.15) is 0 Å². The van der Waals surface area contributed by atoms with Crippen LogP contribution in [-0.4, -0.2) is 31.5 Å². The molecule has 6 nitrogen and oxygen atoms in total. The van der Waals surface area contributed by atoms with E-state index in [-0.39, 0.29) is 23.8 Å². The van der Waals surface area contributed by atoms with E-state index >= 15 is 0 Å². The average molecular weight is 297 g/mol. The first-order valence-electron chi connectivity index (χ1n) is 7.35. The minimum atomic E-state index is -0.653.